The molecule has 1 saturated heterocycles. The number of carbonyl (C=O) groups is 2. The Morgan fingerprint density at radius 2 is 1.60 bits per heavy atom. The van der Waals surface area contributed by atoms with Gasteiger partial charge in [0.25, 0.3) is 0 Å². The summed E-state index contributed by atoms with van der Waals surface area (Å²) >= 11 is 0. The first kappa shape index (κ1) is 26.6. The minimum atomic E-state index is -0.607. The molecule has 0 saturated carbocycles. The van der Waals surface area contributed by atoms with E-state index in [0.29, 0.717) is 13.0 Å². The number of pyridine rings is 2. The van der Waals surface area contributed by atoms with Gasteiger partial charge in [-0.05, 0) is 102 Å². The average molecular weight is 482 g/mol. The highest BCUT2D eigenvalue weighted by atomic mass is 16.6. The van der Waals surface area contributed by atoms with Gasteiger partial charge in [0, 0.05) is 31.3 Å². The van der Waals surface area contributed by atoms with Crippen LogP contribution in [0.15, 0.2) is 49.1 Å². The van der Waals surface area contributed by atoms with Crippen molar-refractivity contribution in [3.05, 3.63) is 60.2 Å². The maximum atomic E-state index is 13.3. The Bertz CT molecular complexity index is 869. The molecule has 1 aliphatic rings. The van der Waals surface area contributed by atoms with E-state index < -0.39 is 17.7 Å². The molecule has 3 heterocycles. The molecular formula is C28H39N3O4. The fourth-order valence-electron chi connectivity index (χ4n) is 4.38. The van der Waals surface area contributed by atoms with E-state index in [1.165, 1.54) is 11.1 Å². The van der Waals surface area contributed by atoms with Crippen LogP contribution in [0.25, 0.3) is 0 Å². The summed E-state index contributed by atoms with van der Waals surface area (Å²) in [6, 6.07) is 7.43. The van der Waals surface area contributed by atoms with Crippen LogP contribution in [0.5, 0.6) is 0 Å². The molecule has 0 bridgehead atoms. The number of aromatic nitrogens is 2. The van der Waals surface area contributed by atoms with Crippen LogP contribution in [0.2, 0.25) is 0 Å². The van der Waals surface area contributed by atoms with E-state index in [1.54, 1.807) is 17.3 Å². The summed E-state index contributed by atoms with van der Waals surface area (Å²) in [6.07, 6.45) is 14.1. The maximum absolute atomic E-state index is 13.3. The number of ether oxygens (including phenoxy) is 2. The molecule has 2 aromatic rings. The van der Waals surface area contributed by atoms with Gasteiger partial charge >= 0.3 is 12.1 Å². The van der Waals surface area contributed by atoms with E-state index in [1.807, 2.05) is 45.3 Å². The van der Waals surface area contributed by atoms with Gasteiger partial charge < -0.3 is 9.47 Å². The number of hydrogen-bond donors (Lipinski definition) is 0. The number of aryl methyl sites for hydroxylation is 2. The number of amides is 1. The summed E-state index contributed by atoms with van der Waals surface area (Å²) in [6.45, 7) is 6.02. The van der Waals surface area contributed by atoms with Crippen LogP contribution in [0.3, 0.4) is 0 Å². The Morgan fingerprint density at radius 3 is 2.11 bits per heavy atom. The number of nitrogens with zero attached hydrogens (tertiary/aromatic N) is 3. The van der Waals surface area contributed by atoms with E-state index in [2.05, 4.69) is 22.1 Å². The maximum Gasteiger partial charge on any atom is 0.411 e. The van der Waals surface area contributed by atoms with Gasteiger partial charge in [0.05, 0.1) is 0 Å². The molecule has 0 aliphatic carbocycles. The van der Waals surface area contributed by atoms with E-state index in [9.17, 15) is 9.59 Å². The van der Waals surface area contributed by atoms with Gasteiger partial charge in [0.1, 0.15) is 17.7 Å². The Balaban J connectivity index is 1.60. The Morgan fingerprint density at radius 1 is 1.00 bits per heavy atom. The van der Waals surface area contributed by atoms with E-state index >= 15 is 0 Å². The van der Waals surface area contributed by atoms with Gasteiger partial charge in [-0.25, -0.2) is 9.59 Å². The van der Waals surface area contributed by atoms with Crippen molar-refractivity contribution in [2.45, 2.75) is 96.3 Å². The van der Waals surface area contributed by atoms with Crippen molar-refractivity contribution in [3.8, 4) is 0 Å². The number of likely N-dealkylation sites (tertiary alicyclic amines) is 1. The standard InChI is InChI=1S/C28H39N3O4/c1-28(2,3)35-27(33)31-19-5-4-16-25(31)26(32)34-24(14-6-10-22-12-8-17-29-20-22)15-7-11-23-13-9-18-30-21-23/h8-9,12-13,17-18,20-21,24-25H,4-7,10-11,14-16,19H2,1-3H3/t25-/m0/s1. The Labute approximate surface area is 209 Å². The first-order valence-electron chi connectivity index (χ1n) is 12.8. The van der Waals surface area contributed by atoms with Crippen molar-refractivity contribution in [1.82, 2.24) is 14.9 Å². The SMILES string of the molecule is CC(C)(C)OC(=O)N1CCCC[C@H]1C(=O)OC(CCCc1cccnc1)CCCc1cccnc1. The molecule has 3 rings (SSSR count). The van der Waals surface area contributed by atoms with E-state index in [-0.39, 0.29) is 12.1 Å². The third-order valence-corrected chi connectivity index (χ3v) is 6.11. The quantitative estimate of drug-likeness (QED) is 0.415. The molecule has 0 aromatic carbocycles. The van der Waals surface area contributed by atoms with Crippen molar-refractivity contribution in [2.75, 3.05) is 6.54 Å². The summed E-state index contributed by atoms with van der Waals surface area (Å²) in [7, 11) is 0. The third kappa shape index (κ3) is 9.30. The second-order valence-electron chi connectivity index (χ2n) is 10.3. The minimum absolute atomic E-state index is 0.196. The zero-order chi connectivity index (χ0) is 25.1. The van der Waals surface area contributed by atoms with Crippen LogP contribution in [0, 0.1) is 0 Å². The number of carbonyl (C=O) groups excluding carboxylic acids is 2. The van der Waals surface area contributed by atoms with Gasteiger partial charge in [-0.3, -0.25) is 14.9 Å². The smallest absolute Gasteiger partial charge is 0.411 e. The van der Waals surface area contributed by atoms with Crippen molar-refractivity contribution in [1.29, 1.82) is 0 Å². The topological polar surface area (TPSA) is 81.6 Å². The molecule has 7 nitrogen and oxygen atoms in total. The molecule has 7 heteroatoms. The van der Waals surface area contributed by atoms with Gasteiger partial charge in [-0.1, -0.05) is 12.1 Å². The molecule has 0 radical (unpaired) electrons. The van der Waals surface area contributed by atoms with Crippen molar-refractivity contribution >= 4 is 12.1 Å². The molecule has 1 fully saturated rings. The second kappa shape index (κ2) is 13.2. The van der Waals surface area contributed by atoms with Crippen molar-refractivity contribution in [3.63, 3.8) is 0 Å². The lowest BCUT2D eigenvalue weighted by molar-refractivity contribution is -0.157. The first-order chi connectivity index (χ1) is 16.8. The van der Waals surface area contributed by atoms with Crippen molar-refractivity contribution in [2.24, 2.45) is 0 Å². The van der Waals surface area contributed by atoms with Crippen LogP contribution in [0.1, 0.15) is 76.8 Å². The molecular weight excluding hydrogens is 442 g/mol. The lowest BCUT2D eigenvalue weighted by Crippen LogP contribution is -2.50. The van der Waals surface area contributed by atoms with Crippen molar-refractivity contribution < 1.29 is 19.1 Å². The highest BCUT2D eigenvalue weighted by Gasteiger charge is 2.36. The fraction of sp³-hybridized carbons (Fsp3) is 0.571. The van der Waals surface area contributed by atoms with Crippen LogP contribution in [-0.4, -0.2) is 51.2 Å². The predicted molar refractivity (Wildman–Crippen MR) is 135 cm³/mol. The van der Waals surface area contributed by atoms with Crippen LogP contribution >= 0.6 is 0 Å². The first-order valence-corrected chi connectivity index (χ1v) is 12.8. The Kier molecular flexibility index (Phi) is 10.1. The van der Waals surface area contributed by atoms with Gasteiger partial charge in [-0.2, -0.15) is 0 Å². The molecule has 2 aromatic heterocycles. The zero-order valence-electron chi connectivity index (χ0n) is 21.3. The summed E-state index contributed by atoms with van der Waals surface area (Å²) in [5.74, 6) is -0.316. The number of hydrogen-bond acceptors (Lipinski definition) is 6. The number of esters is 1. The third-order valence-electron chi connectivity index (χ3n) is 6.11. The highest BCUT2D eigenvalue weighted by Crippen LogP contribution is 2.23. The average Bonchev–Trinajstić information content (AvgIpc) is 2.84. The predicted octanol–water partition coefficient (Wildman–Crippen LogP) is 5.52. The Hall–Kier alpha value is -2.96. The molecule has 1 atom stereocenters. The van der Waals surface area contributed by atoms with E-state index in [4.69, 9.17) is 9.47 Å². The highest BCUT2D eigenvalue weighted by molar-refractivity contribution is 5.82. The fourth-order valence-corrected chi connectivity index (χ4v) is 4.38. The van der Waals surface area contributed by atoms with Crippen LogP contribution in [-0.2, 0) is 27.1 Å². The summed E-state index contributed by atoms with van der Waals surface area (Å²) in [5, 5.41) is 0. The largest absolute Gasteiger partial charge is 0.461 e. The lowest BCUT2D eigenvalue weighted by Gasteiger charge is -2.36. The molecule has 190 valence electrons. The normalized spacial score (nSPS) is 16.2. The molecule has 0 unspecified atom stereocenters. The van der Waals surface area contributed by atoms with Gasteiger partial charge in [0.2, 0.25) is 0 Å². The van der Waals surface area contributed by atoms with Gasteiger partial charge in [0.15, 0.2) is 0 Å². The molecule has 1 amide bonds. The lowest BCUT2D eigenvalue weighted by atomic mass is 10.0. The monoisotopic (exact) mass is 481 g/mol. The van der Waals surface area contributed by atoms with E-state index in [0.717, 1.165) is 51.4 Å². The number of rotatable bonds is 10. The molecule has 0 spiro atoms. The zero-order valence-corrected chi connectivity index (χ0v) is 21.3. The number of piperidine rings is 1. The second-order valence-corrected chi connectivity index (χ2v) is 10.3. The van der Waals surface area contributed by atoms with Crippen LogP contribution in [0.4, 0.5) is 4.79 Å². The minimum Gasteiger partial charge on any atom is -0.461 e. The summed E-state index contributed by atoms with van der Waals surface area (Å²) in [5.41, 5.74) is 1.75. The summed E-state index contributed by atoms with van der Waals surface area (Å²) < 4.78 is 11.6. The molecule has 0 N–H and O–H groups in total. The molecule has 35 heavy (non-hydrogen) atoms. The molecule has 1 aliphatic heterocycles. The van der Waals surface area contributed by atoms with Crippen LogP contribution < -0.4 is 0 Å². The van der Waals surface area contributed by atoms with Gasteiger partial charge in [-0.15, -0.1) is 0 Å². The summed E-state index contributed by atoms with van der Waals surface area (Å²) in [4.78, 5) is 35.9.